The Labute approximate surface area is 248 Å². The summed E-state index contributed by atoms with van der Waals surface area (Å²) >= 11 is 0. The van der Waals surface area contributed by atoms with Crippen LogP contribution in [0.2, 0.25) is 0 Å². The average molecular weight is 591 g/mol. The molecular weight excluding hydrogens is 556 g/mol. The zero-order valence-electron chi connectivity index (χ0n) is 24.6. The summed E-state index contributed by atoms with van der Waals surface area (Å²) in [6.45, 7) is 4.35. The van der Waals surface area contributed by atoms with Crippen molar-refractivity contribution < 1.29 is 33.2 Å². The van der Waals surface area contributed by atoms with Gasteiger partial charge in [-0.15, -0.1) is 5.10 Å². The molecule has 1 aliphatic heterocycles. The highest BCUT2D eigenvalue weighted by Crippen LogP contribution is 2.39. The molecule has 3 heterocycles. The van der Waals surface area contributed by atoms with Gasteiger partial charge >= 0.3 is 5.97 Å². The van der Waals surface area contributed by atoms with Crippen LogP contribution in [0.25, 0.3) is 11.8 Å². The Hall–Kier alpha value is -5.07. The normalized spacial score (nSPS) is 12.3. The number of ether oxygens (including phenoxy) is 6. The number of nitrogens with one attached hydrogen (secondary N) is 1. The van der Waals surface area contributed by atoms with Gasteiger partial charge in [-0.1, -0.05) is 13.3 Å². The molecule has 43 heavy (non-hydrogen) atoms. The second kappa shape index (κ2) is 13.7. The predicted octanol–water partition coefficient (Wildman–Crippen LogP) is 4.24. The van der Waals surface area contributed by atoms with Gasteiger partial charge in [0.15, 0.2) is 17.3 Å². The Morgan fingerprint density at radius 1 is 1.09 bits per heavy atom. The number of carbonyl (C=O) groups is 1. The quantitative estimate of drug-likeness (QED) is 0.166. The van der Waals surface area contributed by atoms with Gasteiger partial charge in [-0.3, -0.25) is 4.57 Å². The summed E-state index contributed by atoms with van der Waals surface area (Å²) < 4.78 is 35.8. The smallest absolute Gasteiger partial charge is 0.334 e. The van der Waals surface area contributed by atoms with Gasteiger partial charge in [0.1, 0.15) is 29.7 Å². The molecule has 0 saturated carbocycles. The topological polar surface area (TPSA) is 145 Å². The van der Waals surface area contributed by atoms with Gasteiger partial charge in [0, 0.05) is 36.1 Å². The van der Waals surface area contributed by atoms with Gasteiger partial charge in [0.05, 0.1) is 38.4 Å². The highest BCUT2D eigenvalue weighted by atomic mass is 16.7. The fraction of sp³-hybridized carbons (Fsp3) is 0.367. The molecule has 13 heteroatoms. The number of methoxy groups -OCH3 is 2. The molecule has 0 amide bonds. The second-order valence-corrected chi connectivity index (χ2v) is 9.59. The fourth-order valence-corrected chi connectivity index (χ4v) is 4.69. The maximum absolute atomic E-state index is 13.3. The fourth-order valence-electron chi connectivity index (χ4n) is 4.69. The van der Waals surface area contributed by atoms with E-state index in [4.69, 9.17) is 33.4 Å². The number of carbonyl (C=O) groups excluding carboxylic acids is 1. The number of imidazole rings is 1. The molecule has 226 valence electrons. The Bertz CT molecular complexity index is 1580. The lowest BCUT2D eigenvalue weighted by molar-refractivity contribution is -0.138. The van der Waals surface area contributed by atoms with Gasteiger partial charge in [-0.25, -0.2) is 14.9 Å². The van der Waals surface area contributed by atoms with Crippen molar-refractivity contribution >= 4 is 12.0 Å². The number of unbranched alkanes of at least 4 members (excludes halogenated alkanes) is 1. The first kappa shape index (κ1) is 29.4. The standard InChI is InChI=1S/C30H34N6O7/c1-5-7-8-29-31-16-21(36(29)23-10-9-22(38-3)14-25(23)41-17-28-32-34-35-33-28)12-20(30(37)40-6-2)11-19-13-26-27(43-18-42-26)15-24(19)39-4/h9-10,12-16H,5-8,11,17-18H2,1-4H3,(H,32,33,34,35)/b20-12+. The van der Waals surface area contributed by atoms with Crippen LogP contribution in [0, 0.1) is 0 Å². The lowest BCUT2D eigenvalue weighted by Gasteiger charge is -2.17. The number of hydrogen-bond acceptors (Lipinski definition) is 11. The number of hydrogen-bond donors (Lipinski definition) is 1. The molecular formula is C30H34N6O7. The Morgan fingerprint density at radius 3 is 2.65 bits per heavy atom. The minimum Gasteiger partial charge on any atom is -0.497 e. The predicted molar refractivity (Wildman–Crippen MR) is 155 cm³/mol. The number of H-pyrrole nitrogens is 1. The maximum atomic E-state index is 13.3. The number of fused-ring (bicyclic) bond motifs is 1. The summed E-state index contributed by atoms with van der Waals surface area (Å²) in [5.74, 6) is 3.72. The van der Waals surface area contributed by atoms with Crippen LogP contribution in [-0.2, 0) is 29.0 Å². The van der Waals surface area contributed by atoms with Crippen molar-refractivity contribution in [2.75, 3.05) is 27.6 Å². The lowest BCUT2D eigenvalue weighted by Crippen LogP contribution is -2.12. The minimum absolute atomic E-state index is 0.106. The van der Waals surface area contributed by atoms with Crippen molar-refractivity contribution in [3.63, 3.8) is 0 Å². The number of rotatable bonds is 14. The van der Waals surface area contributed by atoms with E-state index in [1.54, 1.807) is 45.5 Å². The van der Waals surface area contributed by atoms with Crippen LogP contribution in [0.1, 0.15) is 49.6 Å². The maximum Gasteiger partial charge on any atom is 0.334 e. The molecule has 1 N–H and O–H groups in total. The van der Waals surface area contributed by atoms with Crippen molar-refractivity contribution in [1.82, 2.24) is 30.2 Å². The Balaban J connectivity index is 1.60. The van der Waals surface area contributed by atoms with E-state index in [0.29, 0.717) is 57.9 Å². The van der Waals surface area contributed by atoms with E-state index in [1.807, 2.05) is 22.8 Å². The number of benzene rings is 2. The minimum atomic E-state index is -0.450. The third-order valence-corrected chi connectivity index (χ3v) is 6.79. The zero-order valence-corrected chi connectivity index (χ0v) is 24.6. The van der Waals surface area contributed by atoms with Crippen LogP contribution >= 0.6 is 0 Å². The number of aryl methyl sites for hydroxylation is 1. The molecule has 0 radical (unpaired) electrons. The number of aromatic nitrogens is 6. The summed E-state index contributed by atoms with van der Waals surface area (Å²) in [5.41, 5.74) is 2.54. The SMILES string of the molecule is CCCCc1ncc(/C=C(\Cc2cc3c(cc2OC)OCO3)C(=O)OCC)n1-c1ccc(OC)cc1OCc1nnn[nH]1. The summed E-state index contributed by atoms with van der Waals surface area (Å²) in [6.07, 6.45) is 6.38. The summed E-state index contributed by atoms with van der Waals surface area (Å²) in [5, 5.41) is 13.9. The monoisotopic (exact) mass is 590 g/mol. The van der Waals surface area contributed by atoms with Gasteiger partial charge in [-0.2, -0.15) is 0 Å². The van der Waals surface area contributed by atoms with E-state index in [1.165, 1.54) is 0 Å². The third kappa shape index (κ3) is 6.71. The van der Waals surface area contributed by atoms with Gasteiger partial charge < -0.3 is 28.4 Å². The largest absolute Gasteiger partial charge is 0.497 e. The van der Waals surface area contributed by atoms with Crippen molar-refractivity contribution in [3.8, 4) is 34.4 Å². The van der Waals surface area contributed by atoms with Crippen LogP contribution in [-0.4, -0.2) is 63.8 Å². The summed E-state index contributed by atoms with van der Waals surface area (Å²) in [4.78, 5) is 18.1. The second-order valence-electron chi connectivity index (χ2n) is 9.59. The molecule has 13 nitrogen and oxygen atoms in total. The molecule has 0 fully saturated rings. The van der Waals surface area contributed by atoms with Crippen molar-refractivity contribution in [3.05, 3.63) is 65.0 Å². The van der Waals surface area contributed by atoms with Crippen LogP contribution in [0.5, 0.6) is 28.7 Å². The summed E-state index contributed by atoms with van der Waals surface area (Å²) in [6, 6.07) is 9.12. The van der Waals surface area contributed by atoms with Crippen LogP contribution in [0.3, 0.4) is 0 Å². The van der Waals surface area contributed by atoms with E-state index >= 15 is 0 Å². The van der Waals surface area contributed by atoms with Crippen molar-refractivity contribution in [2.45, 2.75) is 46.1 Å². The van der Waals surface area contributed by atoms with E-state index in [-0.39, 0.29) is 26.4 Å². The van der Waals surface area contributed by atoms with E-state index in [0.717, 1.165) is 24.2 Å². The first-order valence-electron chi connectivity index (χ1n) is 14.0. The van der Waals surface area contributed by atoms with E-state index in [9.17, 15) is 4.79 Å². The Kier molecular flexibility index (Phi) is 9.39. The first-order chi connectivity index (χ1) is 21.0. The number of esters is 1. The molecule has 4 aromatic rings. The molecule has 0 spiro atoms. The van der Waals surface area contributed by atoms with E-state index < -0.39 is 5.97 Å². The number of aromatic amines is 1. The van der Waals surface area contributed by atoms with Gasteiger partial charge in [0.2, 0.25) is 6.79 Å². The number of tetrazole rings is 1. The zero-order chi connectivity index (χ0) is 30.2. The molecule has 0 saturated heterocycles. The third-order valence-electron chi connectivity index (χ3n) is 6.79. The molecule has 1 aliphatic rings. The van der Waals surface area contributed by atoms with Gasteiger partial charge in [-0.05, 0) is 48.0 Å². The van der Waals surface area contributed by atoms with E-state index in [2.05, 4.69) is 27.5 Å². The van der Waals surface area contributed by atoms with Crippen LogP contribution in [0.15, 0.2) is 42.1 Å². The molecule has 0 bridgehead atoms. The van der Waals surface area contributed by atoms with Crippen LogP contribution in [0.4, 0.5) is 0 Å². The van der Waals surface area contributed by atoms with Crippen LogP contribution < -0.4 is 23.7 Å². The molecule has 0 unspecified atom stereocenters. The molecule has 5 rings (SSSR count). The molecule has 2 aromatic heterocycles. The molecule has 0 atom stereocenters. The Morgan fingerprint density at radius 2 is 1.93 bits per heavy atom. The highest BCUT2D eigenvalue weighted by Gasteiger charge is 2.23. The average Bonchev–Trinajstić information content (AvgIpc) is 3.79. The summed E-state index contributed by atoms with van der Waals surface area (Å²) in [7, 11) is 3.16. The van der Waals surface area contributed by atoms with Gasteiger partial charge in [0.25, 0.3) is 0 Å². The van der Waals surface area contributed by atoms with Crippen molar-refractivity contribution in [2.24, 2.45) is 0 Å². The van der Waals surface area contributed by atoms with Crippen molar-refractivity contribution in [1.29, 1.82) is 0 Å². The molecule has 0 aliphatic carbocycles. The molecule has 2 aromatic carbocycles. The highest BCUT2D eigenvalue weighted by molar-refractivity contribution is 5.94. The number of nitrogens with zero attached hydrogens (tertiary/aromatic N) is 5. The lowest BCUT2D eigenvalue weighted by atomic mass is 10.0. The first-order valence-corrected chi connectivity index (χ1v) is 14.0.